The van der Waals surface area contributed by atoms with E-state index in [-0.39, 0.29) is 6.54 Å². The van der Waals surface area contributed by atoms with Crippen molar-refractivity contribution in [3.05, 3.63) is 29.0 Å². The molecule has 8 heteroatoms. The lowest BCUT2D eigenvalue weighted by atomic mass is 9.78. The van der Waals surface area contributed by atoms with Crippen molar-refractivity contribution in [3.8, 4) is 0 Å². The molecule has 3 rings (SSSR count). The lowest BCUT2D eigenvalue weighted by Gasteiger charge is -2.32. The monoisotopic (exact) mass is 351 g/mol. The first kappa shape index (κ1) is 17.1. The summed E-state index contributed by atoms with van der Waals surface area (Å²) in [6, 6.07) is 5.40. The fourth-order valence-electron chi connectivity index (χ4n) is 2.55. The quantitative estimate of drug-likeness (QED) is 0.830. The molecule has 128 valence electrons. The van der Waals surface area contributed by atoms with Crippen LogP contribution in [0.2, 0.25) is 5.02 Å². The Kier molecular flexibility index (Phi) is 4.06. The molecule has 0 radical (unpaired) electrons. The maximum absolute atomic E-state index is 10.6. The molecule has 1 aliphatic rings. The van der Waals surface area contributed by atoms with Gasteiger partial charge in [0.25, 0.3) is 0 Å². The molecule has 1 aromatic heterocycles. The number of hydrogen-bond donors (Lipinski definition) is 2. The average molecular weight is 352 g/mol. The summed E-state index contributed by atoms with van der Waals surface area (Å²) in [5.41, 5.74) is 0.432. The van der Waals surface area contributed by atoms with Gasteiger partial charge >= 0.3 is 13.2 Å². The van der Waals surface area contributed by atoms with Gasteiger partial charge in [0, 0.05) is 5.39 Å². The van der Waals surface area contributed by atoms with E-state index in [2.05, 4.69) is 5.32 Å². The second-order valence-electron chi connectivity index (χ2n) is 6.88. The second kappa shape index (κ2) is 5.69. The van der Waals surface area contributed by atoms with Gasteiger partial charge in [-0.25, -0.2) is 4.79 Å². The number of benzene rings is 1. The minimum Gasteiger partial charge on any atom is -0.465 e. The molecule has 2 heterocycles. The summed E-state index contributed by atoms with van der Waals surface area (Å²) in [4.78, 5) is 10.6. The van der Waals surface area contributed by atoms with E-state index in [1.807, 2.05) is 33.8 Å². The highest BCUT2D eigenvalue weighted by molar-refractivity contribution is 6.63. The Labute approximate surface area is 145 Å². The van der Waals surface area contributed by atoms with Crippen molar-refractivity contribution in [1.29, 1.82) is 0 Å². The first-order chi connectivity index (χ1) is 11.1. The van der Waals surface area contributed by atoms with Crippen LogP contribution in [0.15, 0.2) is 22.6 Å². The largest absolute Gasteiger partial charge is 0.494 e. The number of nitrogens with one attached hydrogen (secondary N) is 1. The normalized spacial score (nSPS) is 19.0. The molecule has 1 saturated heterocycles. The molecule has 1 fully saturated rings. The Hall–Kier alpha value is -1.70. The highest BCUT2D eigenvalue weighted by atomic mass is 35.5. The molecule has 0 bridgehead atoms. The Morgan fingerprint density at radius 3 is 2.42 bits per heavy atom. The Morgan fingerprint density at radius 2 is 1.83 bits per heavy atom. The number of amides is 1. The molecule has 1 aliphatic heterocycles. The maximum atomic E-state index is 10.6. The summed E-state index contributed by atoms with van der Waals surface area (Å²) >= 11 is 6.32. The number of fused-ring (bicyclic) bond motifs is 1. The van der Waals surface area contributed by atoms with E-state index < -0.39 is 24.4 Å². The third-order valence-corrected chi connectivity index (χ3v) is 4.86. The third-order valence-electron chi connectivity index (χ3n) is 4.58. The van der Waals surface area contributed by atoms with Gasteiger partial charge in [-0.3, -0.25) is 0 Å². The number of furan rings is 1. The van der Waals surface area contributed by atoms with Crippen LogP contribution in [0.1, 0.15) is 33.5 Å². The molecular formula is C16H19BClNO5. The molecule has 1 aromatic carbocycles. The fourth-order valence-corrected chi connectivity index (χ4v) is 2.82. The summed E-state index contributed by atoms with van der Waals surface area (Å²) < 4.78 is 17.7. The van der Waals surface area contributed by atoms with Gasteiger partial charge in [-0.2, -0.15) is 0 Å². The van der Waals surface area contributed by atoms with Crippen molar-refractivity contribution in [2.45, 2.75) is 45.4 Å². The lowest BCUT2D eigenvalue weighted by molar-refractivity contribution is 0.00578. The summed E-state index contributed by atoms with van der Waals surface area (Å²) in [6.07, 6.45) is -1.11. The van der Waals surface area contributed by atoms with Crippen molar-refractivity contribution in [3.63, 3.8) is 0 Å². The van der Waals surface area contributed by atoms with Gasteiger partial charge in [-0.05, 0) is 45.3 Å². The number of halogens is 1. The highest BCUT2D eigenvalue weighted by Gasteiger charge is 2.51. The number of carboxylic acid groups (broad SMARTS) is 1. The summed E-state index contributed by atoms with van der Waals surface area (Å²) in [5, 5.41) is 12.1. The molecule has 1 amide bonds. The molecular weight excluding hydrogens is 332 g/mol. The van der Waals surface area contributed by atoms with Crippen LogP contribution in [0.4, 0.5) is 4.79 Å². The Bertz CT molecular complexity index is 785. The predicted molar refractivity (Wildman–Crippen MR) is 91.8 cm³/mol. The molecule has 2 aromatic rings. The van der Waals surface area contributed by atoms with E-state index in [0.717, 1.165) is 10.8 Å². The first-order valence-corrected chi connectivity index (χ1v) is 8.01. The van der Waals surface area contributed by atoms with Crippen LogP contribution >= 0.6 is 11.6 Å². The number of carbonyl (C=O) groups is 1. The van der Waals surface area contributed by atoms with Crippen molar-refractivity contribution < 1.29 is 23.6 Å². The molecule has 2 N–H and O–H groups in total. The van der Waals surface area contributed by atoms with Gasteiger partial charge < -0.3 is 24.1 Å². The van der Waals surface area contributed by atoms with Crippen LogP contribution in [-0.4, -0.2) is 29.5 Å². The summed E-state index contributed by atoms with van der Waals surface area (Å²) in [6.45, 7) is 8.02. The summed E-state index contributed by atoms with van der Waals surface area (Å²) in [7, 11) is -0.521. The molecule has 0 atom stereocenters. The van der Waals surface area contributed by atoms with Crippen molar-refractivity contribution >= 4 is 41.2 Å². The number of hydrogen-bond acceptors (Lipinski definition) is 4. The molecule has 6 nitrogen and oxygen atoms in total. The van der Waals surface area contributed by atoms with Crippen LogP contribution in [0.25, 0.3) is 11.0 Å². The van der Waals surface area contributed by atoms with Gasteiger partial charge in [0.2, 0.25) is 0 Å². The zero-order chi connectivity index (χ0) is 17.7. The molecule has 0 unspecified atom stereocenters. The minimum absolute atomic E-state index is 0.0756. The first-order valence-electron chi connectivity index (χ1n) is 7.63. The molecule has 0 saturated carbocycles. The maximum Gasteiger partial charge on any atom is 0.494 e. The van der Waals surface area contributed by atoms with Gasteiger partial charge in [0.1, 0.15) is 5.76 Å². The predicted octanol–water partition coefficient (Wildman–Crippen LogP) is 3.15. The third kappa shape index (κ3) is 2.99. The zero-order valence-corrected chi connectivity index (χ0v) is 14.7. The summed E-state index contributed by atoms with van der Waals surface area (Å²) in [5.74, 6) is 0.486. The highest BCUT2D eigenvalue weighted by Crippen LogP contribution is 2.37. The molecule has 0 spiro atoms. The average Bonchev–Trinajstić information content (AvgIpc) is 2.95. The zero-order valence-electron chi connectivity index (χ0n) is 14.0. The minimum atomic E-state index is -1.11. The van der Waals surface area contributed by atoms with Crippen LogP contribution < -0.4 is 10.8 Å². The fraction of sp³-hybridized carbons (Fsp3) is 0.438. The van der Waals surface area contributed by atoms with Crippen LogP contribution in [0, 0.1) is 0 Å². The van der Waals surface area contributed by atoms with E-state index in [0.29, 0.717) is 16.4 Å². The molecule has 24 heavy (non-hydrogen) atoms. The van der Waals surface area contributed by atoms with E-state index in [4.69, 9.17) is 30.4 Å². The van der Waals surface area contributed by atoms with Gasteiger partial charge in [-0.1, -0.05) is 17.7 Å². The Morgan fingerprint density at radius 1 is 1.21 bits per heavy atom. The van der Waals surface area contributed by atoms with Crippen LogP contribution in [0.5, 0.6) is 0 Å². The van der Waals surface area contributed by atoms with Crippen LogP contribution in [0.3, 0.4) is 0 Å². The van der Waals surface area contributed by atoms with Crippen molar-refractivity contribution in [2.24, 2.45) is 0 Å². The van der Waals surface area contributed by atoms with Gasteiger partial charge in [0.05, 0.1) is 22.8 Å². The van der Waals surface area contributed by atoms with E-state index in [9.17, 15) is 4.79 Å². The SMILES string of the molecule is CC1(C)OB(c2cc(Cl)c3oc(CNC(=O)O)cc3c2)OC1(C)C. The smallest absolute Gasteiger partial charge is 0.465 e. The second-order valence-corrected chi connectivity index (χ2v) is 7.29. The standard InChI is InChI=1S/C16H19BClNO5/c1-15(2)16(3,4)24-17(23-15)10-5-9-6-11(8-19-14(20)21)22-13(9)12(18)7-10/h5-7,19H,8H2,1-4H3,(H,20,21). The molecule has 0 aliphatic carbocycles. The van der Waals surface area contributed by atoms with Gasteiger partial charge in [-0.15, -0.1) is 0 Å². The number of rotatable bonds is 3. The Balaban J connectivity index is 1.92. The topological polar surface area (TPSA) is 80.9 Å². The van der Waals surface area contributed by atoms with Gasteiger partial charge in [0.15, 0.2) is 5.58 Å². The van der Waals surface area contributed by atoms with Crippen LogP contribution in [-0.2, 0) is 15.9 Å². The lowest BCUT2D eigenvalue weighted by Crippen LogP contribution is -2.41. The van der Waals surface area contributed by atoms with Crippen molar-refractivity contribution in [2.75, 3.05) is 0 Å². The van der Waals surface area contributed by atoms with E-state index in [1.54, 1.807) is 12.1 Å². The van der Waals surface area contributed by atoms with E-state index in [1.165, 1.54) is 0 Å². The van der Waals surface area contributed by atoms with Crippen molar-refractivity contribution in [1.82, 2.24) is 5.32 Å². The van der Waals surface area contributed by atoms with E-state index >= 15 is 0 Å².